The molecule has 1 aliphatic rings. The third-order valence-corrected chi connectivity index (χ3v) is 5.68. The van der Waals surface area contributed by atoms with E-state index in [-0.39, 0.29) is 18.3 Å². The zero-order chi connectivity index (χ0) is 22.7. The number of amides is 1. The number of carbonyl (C=O) groups is 1. The number of hydrogen-bond acceptors (Lipinski definition) is 6. The van der Waals surface area contributed by atoms with Gasteiger partial charge in [0.15, 0.2) is 5.69 Å². The van der Waals surface area contributed by atoms with Crippen LogP contribution in [0, 0.1) is 13.8 Å². The number of aromatic nitrogens is 2. The molecule has 2 aromatic heterocycles. The van der Waals surface area contributed by atoms with E-state index in [0.29, 0.717) is 29.6 Å². The molecule has 1 aromatic carbocycles. The fraction of sp³-hybridized carbons (Fsp3) is 0.348. The Balaban J connectivity index is 1.56. The summed E-state index contributed by atoms with van der Waals surface area (Å²) < 4.78 is 12.8. The minimum Gasteiger partial charge on any atom is -0.465 e. The second kappa shape index (κ2) is 9.68. The molecule has 8 nitrogen and oxygen atoms in total. The van der Waals surface area contributed by atoms with Crippen LogP contribution in [-0.4, -0.2) is 53.4 Å². The minimum atomic E-state index is -0.528. The molecular weight excluding hydrogens is 432 g/mol. The standard InChI is InChI=1S/C23H25ClN4O4/c1-15-13-20(29)22(26-28(15)18-6-4-17(24)5-7-18)23(30)25-14-19(21-8-3-16(2)32-21)27-9-11-31-12-10-27/h3-8,13,19H,9-12,14H2,1-2H3,(H,25,30)/t19-/m1/s1. The van der Waals surface area contributed by atoms with Gasteiger partial charge < -0.3 is 14.5 Å². The molecule has 1 fully saturated rings. The fourth-order valence-corrected chi connectivity index (χ4v) is 3.88. The van der Waals surface area contributed by atoms with Crippen molar-refractivity contribution in [3.63, 3.8) is 0 Å². The fourth-order valence-electron chi connectivity index (χ4n) is 3.75. The first-order valence-corrected chi connectivity index (χ1v) is 10.8. The zero-order valence-corrected chi connectivity index (χ0v) is 18.8. The quantitative estimate of drug-likeness (QED) is 0.613. The van der Waals surface area contributed by atoms with Gasteiger partial charge in [0, 0.05) is 36.4 Å². The molecule has 0 saturated carbocycles. The number of carbonyl (C=O) groups excluding carboxylic acids is 1. The average molecular weight is 457 g/mol. The number of hydrogen-bond donors (Lipinski definition) is 1. The number of furan rings is 1. The van der Waals surface area contributed by atoms with Gasteiger partial charge in [-0.2, -0.15) is 5.10 Å². The van der Waals surface area contributed by atoms with Gasteiger partial charge in [0.1, 0.15) is 11.5 Å². The van der Waals surface area contributed by atoms with Crippen LogP contribution in [0.15, 0.2) is 51.7 Å². The summed E-state index contributed by atoms with van der Waals surface area (Å²) in [6.45, 7) is 6.62. The maximum Gasteiger partial charge on any atom is 0.275 e. The highest BCUT2D eigenvalue weighted by atomic mass is 35.5. The van der Waals surface area contributed by atoms with E-state index in [1.165, 1.54) is 6.07 Å². The van der Waals surface area contributed by atoms with Crippen molar-refractivity contribution in [2.45, 2.75) is 19.9 Å². The highest BCUT2D eigenvalue weighted by Crippen LogP contribution is 2.23. The van der Waals surface area contributed by atoms with Gasteiger partial charge in [0.25, 0.3) is 5.91 Å². The molecule has 0 bridgehead atoms. The lowest BCUT2D eigenvalue weighted by Gasteiger charge is -2.33. The second-order valence-corrected chi connectivity index (χ2v) is 8.15. The third-order valence-electron chi connectivity index (χ3n) is 5.43. The van der Waals surface area contributed by atoms with Crippen LogP contribution in [0.3, 0.4) is 0 Å². The summed E-state index contributed by atoms with van der Waals surface area (Å²) in [5, 5.41) is 7.80. The van der Waals surface area contributed by atoms with Gasteiger partial charge in [-0.05, 0) is 50.2 Å². The molecule has 32 heavy (non-hydrogen) atoms. The van der Waals surface area contributed by atoms with Crippen molar-refractivity contribution in [2.24, 2.45) is 0 Å². The predicted molar refractivity (Wildman–Crippen MR) is 120 cm³/mol. The molecule has 4 rings (SSSR count). The zero-order valence-electron chi connectivity index (χ0n) is 18.0. The lowest BCUT2D eigenvalue weighted by atomic mass is 10.1. The van der Waals surface area contributed by atoms with Gasteiger partial charge in [-0.1, -0.05) is 11.6 Å². The Kier molecular flexibility index (Phi) is 6.74. The topological polar surface area (TPSA) is 89.6 Å². The van der Waals surface area contributed by atoms with Gasteiger partial charge in [-0.15, -0.1) is 0 Å². The Morgan fingerprint density at radius 1 is 1.16 bits per heavy atom. The van der Waals surface area contributed by atoms with E-state index in [1.54, 1.807) is 35.9 Å². The average Bonchev–Trinajstić information content (AvgIpc) is 3.21. The highest BCUT2D eigenvalue weighted by molar-refractivity contribution is 6.30. The number of morpholine rings is 1. The smallest absolute Gasteiger partial charge is 0.275 e. The van der Waals surface area contributed by atoms with E-state index < -0.39 is 11.3 Å². The molecule has 0 aliphatic carbocycles. The molecule has 1 aliphatic heterocycles. The normalized spacial score (nSPS) is 15.5. The predicted octanol–water partition coefficient (Wildman–Crippen LogP) is 2.90. The van der Waals surface area contributed by atoms with E-state index >= 15 is 0 Å². The molecular formula is C23H25ClN4O4. The van der Waals surface area contributed by atoms with Gasteiger partial charge in [0.05, 0.1) is 24.9 Å². The number of aryl methyl sites for hydroxylation is 2. The summed E-state index contributed by atoms with van der Waals surface area (Å²) in [5.41, 5.74) is 0.730. The summed E-state index contributed by atoms with van der Waals surface area (Å²) in [6.07, 6.45) is 0. The Morgan fingerprint density at radius 3 is 2.53 bits per heavy atom. The molecule has 1 N–H and O–H groups in total. The first-order chi connectivity index (χ1) is 15.4. The van der Waals surface area contributed by atoms with E-state index in [4.69, 9.17) is 20.8 Å². The summed E-state index contributed by atoms with van der Waals surface area (Å²) in [4.78, 5) is 27.7. The van der Waals surface area contributed by atoms with Gasteiger partial charge in [-0.3, -0.25) is 14.5 Å². The summed E-state index contributed by atoms with van der Waals surface area (Å²) in [5.74, 6) is 1.04. The molecule has 3 aromatic rings. The molecule has 1 saturated heterocycles. The first kappa shape index (κ1) is 22.3. The van der Waals surface area contributed by atoms with Gasteiger partial charge in [0.2, 0.25) is 5.43 Å². The van der Waals surface area contributed by atoms with Crippen LogP contribution in [0.4, 0.5) is 0 Å². The van der Waals surface area contributed by atoms with Gasteiger partial charge in [-0.25, -0.2) is 4.68 Å². The van der Waals surface area contributed by atoms with Crippen molar-refractivity contribution in [1.29, 1.82) is 0 Å². The third kappa shape index (κ3) is 4.93. The van der Waals surface area contributed by atoms with Crippen LogP contribution >= 0.6 is 11.6 Å². The molecule has 1 atom stereocenters. The lowest BCUT2D eigenvalue weighted by molar-refractivity contribution is 0.0116. The summed E-state index contributed by atoms with van der Waals surface area (Å²) in [7, 11) is 0. The van der Waals surface area contributed by atoms with Crippen molar-refractivity contribution in [2.75, 3.05) is 32.8 Å². The molecule has 0 unspecified atom stereocenters. The molecule has 0 radical (unpaired) electrons. The Bertz CT molecular complexity index is 1150. The number of nitrogens with zero attached hydrogens (tertiary/aromatic N) is 3. The summed E-state index contributed by atoms with van der Waals surface area (Å²) in [6, 6.07) is 12.1. The van der Waals surface area contributed by atoms with Crippen LogP contribution in [0.1, 0.15) is 33.7 Å². The van der Waals surface area contributed by atoms with E-state index in [1.807, 2.05) is 19.1 Å². The monoisotopic (exact) mass is 456 g/mol. The molecule has 0 spiro atoms. The first-order valence-electron chi connectivity index (χ1n) is 10.5. The van der Waals surface area contributed by atoms with Crippen molar-refractivity contribution in [3.05, 3.63) is 80.6 Å². The molecule has 3 heterocycles. The van der Waals surface area contributed by atoms with Crippen LogP contribution in [0.5, 0.6) is 0 Å². The SMILES string of the molecule is Cc1ccc([C@@H](CNC(=O)c2nn(-c3ccc(Cl)cc3)c(C)cc2=O)N2CCOCC2)o1. The Labute approximate surface area is 190 Å². The van der Waals surface area contributed by atoms with Crippen molar-refractivity contribution < 1.29 is 13.9 Å². The van der Waals surface area contributed by atoms with Crippen LogP contribution in [-0.2, 0) is 4.74 Å². The van der Waals surface area contributed by atoms with Crippen LogP contribution in [0.25, 0.3) is 5.69 Å². The second-order valence-electron chi connectivity index (χ2n) is 7.71. The molecule has 168 valence electrons. The molecule has 1 amide bonds. The van der Waals surface area contributed by atoms with Crippen LogP contribution < -0.4 is 10.7 Å². The largest absolute Gasteiger partial charge is 0.465 e. The van der Waals surface area contributed by atoms with Crippen LogP contribution in [0.2, 0.25) is 5.02 Å². The minimum absolute atomic E-state index is 0.165. The highest BCUT2D eigenvalue weighted by Gasteiger charge is 2.26. The van der Waals surface area contributed by atoms with E-state index in [9.17, 15) is 9.59 Å². The van der Waals surface area contributed by atoms with E-state index in [0.717, 1.165) is 24.6 Å². The van der Waals surface area contributed by atoms with E-state index in [2.05, 4.69) is 15.3 Å². The van der Waals surface area contributed by atoms with Gasteiger partial charge >= 0.3 is 0 Å². The van der Waals surface area contributed by atoms with Crippen molar-refractivity contribution in [1.82, 2.24) is 20.0 Å². The number of ether oxygens (including phenoxy) is 1. The Hall–Kier alpha value is -2.94. The number of halogens is 1. The Morgan fingerprint density at radius 2 is 1.88 bits per heavy atom. The maximum atomic E-state index is 13.0. The molecule has 9 heteroatoms. The van der Waals surface area contributed by atoms with Crippen molar-refractivity contribution >= 4 is 17.5 Å². The number of rotatable bonds is 6. The maximum absolute atomic E-state index is 13.0. The number of benzene rings is 1. The van der Waals surface area contributed by atoms with Crippen molar-refractivity contribution in [3.8, 4) is 5.69 Å². The lowest BCUT2D eigenvalue weighted by Crippen LogP contribution is -2.44. The summed E-state index contributed by atoms with van der Waals surface area (Å²) >= 11 is 5.97. The number of nitrogens with one attached hydrogen (secondary N) is 1.